The number of benzene rings is 1. The van der Waals surface area contributed by atoms with Crippen molar-refractivity contribution in [3.05, 3.63) is 45.4 Å². The zero-order chi connectivity index (χ0) is 24.7. The predicted molar refractivity (Wildman–Crippen MR) is 126 cm³/mol. The third-order valence-electron chi connectivity index (χ3n) is 4.71. The molecule has 34 heavy (non-hydrogen) atoms. The highest BCUT2D eigenvalue weighted by Gasteiger charge is 2.25. The summed E-state index contributed by atoms with van der Waals surface area (Å²) in [7, 11) is 0. The van der Waals surface area contributed by atoms with Gasteiger partial charge in [0.1, 0.15) is 18.5 Å². The Hall–Kier alpha value is -3.22. The standard InChI is InChI=1S/C21H23ClFN5O5S/c1-2-24-21(32)27-14(10-25-20(31)16-5-6-17(22)34-16)19(30)26-12-3-4-15(13(23)9-12)28-7-8-33-11-18(28)29/h3-6,9,14H,2,7-8,10-11H2,1H3,(H,25,31)(H,26,30)(H2,24,27,32)/t14-/m0/s1. The Morgan fingerprint density at radius 1 is 1.24 bits per heavy atom. The SMILES string of the molecule is CCNC(=O)N[C@@H](CNC(=O)c1ccc(Cl)s1)C(=O)Nc1ccc(N2CCOCC2=O)c(F)c1. The molecule has 2 aromatic rings. The monoisotopic (exact) mass is 511 g/mol. The molecule has 0 aliphatic carbocycles. The summed E-state index contributed by atoms with van der Waals surface area (Å²) in [5, 5.41) is 10.1. The van der Waals surface area contributed by atoms with Crippen LogP contribution in [-0.4, -0.2) is 62.6 Å². The first-order valence-corrected chi connectivity index (χ1v) is 11.5. The number of hydrogen-bond acceptors (Lipinski definition) is 6. The molecule has 1 fully saturated rings. The quantitative estimate of drug-likeness (QED) is 0.430. The van der Waals surface area contributed by atoms with E-state index in [0.717, 1.165) is 17.4 Å². The van der Waals surface area contributed by atoms with Gasteiger partial charge in [0.15, 0.2) is 0 Å². The van der Waals surface area contributed by atoms with Gasteiger partial charge in [-0.05, 0) is 37.3 Å². The number of morpholine rings is 1. The average molecular weight is 512 g/mol. The Morgan fingerprint density at radius 2 is 2.03 bits per heavy atom. The summed E-state index contributed by atoms with van der Waals surface area (Å²) in [5.74, 6) is -2.21. The molecule has 10 nitrogen and oxygen atoms in total. The van der Waals surface area contributed by atoms with Gasteiger partial charge in [0.2, 0.25) is 5.91 Å². The van der Waals surface area contributed by atoms with Gasteiger partial charge in [-0.1, -0.05) is 11.6 Å². The molecule has 1 aliphatic heterocycles. The molecule has 0 saturated carbocycles. The largest absolute Gasteiger partial charge is 0.370 e. The van der Waals surface area contributed by atoms with Crippen LogP contribution in [0.3, 0.4) is 0 Å². The maximum absolute atomic E-state index is 14.7. The van der Waals surface area contributed by atoms with Crippen molar-refractivity contribution in [1.82, 2.24) is 16.0 Å². The number of carbonyl (C=O) groups excluding carboxylic acids is 4. The highest BCUT2D eigenvalue weighted by atomic mass is 35.5. The van der Waals surface area contributed by atoms with Gasteiger partial charge in [0, 0.05) is 25.3 Å². The zero-order valence-electron chi connectivity index (χ0n) is 18.2. The molecule has 2 heterocycles. The number of anilines is 2. The summed E-state index contributed by atoms with van der Waals surface area (Å²) in [6.45, 7) is 2.19. The number of halogens is 2. The van der Waals surface area contributed by atoms with E-state index >= 15 is 0 Å². The normalized spacial score (nSPS) is 14.3. The lowest BCUT2D eigenvalue weighted by atomic mass is 10.2. The Kier molecular flexibility index (Phi) is 8.79. The molecular formula is C21H23ClFN5O5S. The molecular weight excluding hydrogens is 489 g/mol. The third kappa shape index (κ3) is 6.65. The summed E-state index contributed by atoms with van der Waals surface area (Å²) >= 11 is 6.91. The number of rotatable bonds is 8. The summed E-state index contributed by atoms with van der Waals surface area (Å²) in [5.41, 5.74) is 0.191. The van der Waals surface area contributed by atoms with Gasteiger partial charge in [-0.2, -0.15) is 0 Å². The van der Waals surface area contributed by atoms with Crippen LogP contribution < -0.4 is 26.2 Å². The van der Waals surface area contributed by atoms with E-state index in [4.69, 9.17) is 16.3 Å². The van der Waals surface area contributed by atoms with Gasteiger partial charge in [0.25, 0.3) is 11.8 Å². The zero-order valence-corrected chi connectivity index (χ0v) is 19.7. The average Bonchev–Trinajstić information content (AvgIpc) is 3.24. The number of nitrogens with one attached hydrogen (secondary N) is 4. The number of urea groups is 1. The topological polar surface area (TPSA) is 129 Å². The fourth-order valence-corrected chi connectivity index (χ4v) is 4.06. The van der Waals surface area contributed by atoms with Crippen molar-refractivity contribution in [2.75, 3.05) is 43.1 Å². The minimum Gasteiger partial charge on any atom is -0.370 e. The van der Waals surface area contributed by atoms with Crippen LogP contribution in [0.5, 0.6) is 0 Å². The van der Waals surface area contributed by atoms with Crippen molar-refractivity contribution in [3.63, 3.8) is 0 Å². The fourth-order valence-electron chi connectivity index (χ4n) is 3.10. The molecule has 5 amide bonds. The first-order chi connectivity index (χ1) is 16.3. The second kappa shape index (κ2) is 11.8. The van der Waals surface area contributed by atoms with Gasteiger partial charge < -0.3 is 30.9 Å². The molecule has 4 N–H and O–H groups in total. The van der Waals surface area contributed by atoms with Crippen LogP contribution >= 0.6 is 22.9 Å². The molecule has 3 rings (SSSR count). The van der Waals surface area contributed by atoms with E-state index in [9.17, 15) is 23.6 Å². The second-order valence-corrected chi connectivity index (χ2v) is 8.84. The van der Waals surface area contributed by atoms with Crippen LogP contribution in [0, 0.1) is 5.82 Å². The predicted octanol–water partition coefficient (Wildman–Crippen LogP) is 1.96. The second-order valence-electron chi connectivity index (χ2n) is 7.12. The van der Waals surface area contributed by atoms with Crippen molar-refractivity contribution in [2.45, 2.75) is 13.0 Å². The molecule has 0 bridgehead atoms. The van der Waals surface area contributed by atoms with E-state index in [1.54, 1.807) is 13.0 Å². The maximum Gasteiger partial charge on any atom is 0.315 e. The number of nitrogens with zero attached hydrogens (tertiary/aromatic N) is 1. The molecule has 0 unspecified atom stereocenters. The van der Waals surface area contributed by atoms with Crippen LogP contribution in [0.4, 0.5) is 20.6 Å². The van der Waals surface area contributed by atoms with Gasteiger partial charge in [-0.15, -0.1) is 11.3 Å². The fraction of sp³-hybridized carbons (Fsp3) is 0.333. The molecule has 1 aromatic carbocycles. The molecule has 182 valence electrons. The van der Waals surface area contributed by atoms with E-state index in [2.05, 4.69) is 21.3 Å². The summed E-state index contributed by atoms with van der Waals surface area (Å²) in [6, 6.07) is 5.24. The molecule has 1 aromatic heterocycles. The molecule has 1 atom stereocenters. The van der Waals surface area contributed by atoms with Crippen LogP contribution in [0.2, 0.25) is 4.34 Å². The minimum absolute atomic E-state index is 0.0742. The maximum atomic E-state index is 14.7. The Bertz CT molecular complexity index is 1080. The number of carbonyl (C=O) groups is 4. The lowest BCUT2D eigenvalue weighted by Gasteiger charge is -2.27. The molecule has 1 saturated heterocycles. The first kappa shape index (κ1) is 25.4. The van der Waals surface area contributed by atoms with Crippen LogP contribution in [0.25, 0.3) is 0 Å². The lowest BCUT2D eigenvalue weighted by Crippen LogP contribution is -2.53. The van der Waals surface area contributed by atoms with Gasteiger partial charge in [0.05, 0.1) is 21.5 Å². The van der Waals surface area contributed by atoms with Gasteiger partial charge >= 0.3 is 6.03 Å². The van der Waals surface area contributed by atoms with Gasteiger partial charge in [-0.3, -0.25) is 14.4 Å². The van der Waals surface area contributed by atoms with Crippen molar-refractivity contribution in [3.8, 4) is 0 Å². The lowest BCUT2D eigenvalue weighted by molar-refractivity contribution is -0.125. The molecule has 0 radical (unpaired) electrons. The number of amides is 5. The summed E-state index contributed by atoms with van der Waals surface area (Å²) in [6.07, 6.45) is 0. The van der Waals surface area contributed by atoms with Crippen LogP contribution in [0.1, 0.15) is 16.6 Å². The van der Waals surface area contributed by atoms with E-state index in [1.165, 1.54) is 23.1 Å². The molecule has 13 heteroatoms. The van der Waals surface area contributed by atoms with Crippen LogP contribution in [-0.2, 0) is 14.3 Å². The van der Waals surface area contributed by atoms with E-state index in [-0.39, 0.29) is 37.0 Å². The Labute approximate surface area is 203 Å². The van der Waals surface area contributed by atoms with E-state index in [0.29, 0.717) is 22.4 Å². The number of hydrogen-bond donors (Lipinski definition) is 4. The Balaban J connectivity index is 1.68. The summed E-state index contributed by atoms with van der Waals surface area (Å²) in [4.78, 5) is 50.7. The number of thiophene rings is 1. The van der Waals surface area contributed by atoms with Crippen molar-refractivity contribution in [1.29, 1.82) is 0 Å². The summed E-state index contributed by atoms with van der Waals surface area (Å²) < 4.78 is 20.2. The molecule has 1 aliphatic rings. The highest BCUT2D eigenvalue weighted by Crippen LogP contribution is 2.24. The minimum atomic E-state index is -1.16. The Morgan fingerprint density at radius 3 is 2.68 bits per heavy atom. The highest BCUT2D eigenvalue weighted by molar-refractivity contribution is 7.18. The third-order valence-corrected chi connectivity index (χ3v) is 5.94. The van der Waals surface area contributed by atoms with Crippen molar-refractivity contribution in [2.24, 2.45) is 0 Å². The van der Waals surface area contributed by atoms with Crippen molar-refractivity contribution >= 4 is 58.1 Å². The van der Waals surface area contributed by atoms with Gasteiger partial charge in [-0.25, -0.2) is 9.18 Å². The molecule has 0 spiro atoms. The van der Waals surface area contributed by atoms with E-state index < -0.39 is 29.7 Å². The van der Waals surface area contributed by atoms with Crippen LogP contribution in [0.15, 0.2) is 30.3 Å². The first-order valence-electron chi connectivity index (χ1n) is 10.3. The number of ether oxygens (including phenoxy) is 1. The smallest absolute Gasteiger partial charge is 0.315 e. The van der Waals surface area contributed by atoms with E-state index in [1.807, 2.05) is 0 Å². The van der Waals surface area contributed by atoms with Crippen molar-refractivity contribution < 1.29 is 28.3 Å².